The number of hydrogen-bond acceptors (Lipinski definition) is 3. The molecule has 0 saturated heterocycles. The quantitative estimate of drug-likeness (QED) is 0.588. The highest BCUT2D eigenvalue weighted by atomic mass is 32.2. The highest BCUT2D eigenvalue weighted by Crippen LogP contribution is 2.33. The van der Waals surface area contributed by atoms with Crippen molar-refractivity contribution in [1.82, 2.24) is 0 Å². The second-order valence-corrected chi connectivity index (χ2v) is 4.42. The van der Waals surface area contributed by atoms with Gasteiger partial charge < -0.3 is 0 Å². The Hall–Kier alpha value is -1.04. The van der Waals surface area contributed by atoms with E-state index in [1.165, 1.54) is 6.07 Å². The summed E-state index contributed by atoms with van der Waals surface area (Å²) in [5.74, 6) is -0.963. The Balaban J connectivity index is 2.92. The lowest BCUT2D eigenvalue weighted by atomic mass is 10.1. The van der Waals surface area contributed by atoms with E-state index in [4.69, 9.17) is 0 Å². The van der Waals surface area contributed by atoms with Gasteiger partial charge in [-0.1, -0.05) is 6.07 Å². The van der Waals surface area contributed by atoms with Crippen molar-refractivity contribution in [3.8, 4) is 0 Å². The molecule has 0 radical (unpaired) electrons. The summed E-state index contributed by atoms with van der Waals surface area (Å²) in [7, 11) is 0. The van der Waals surface area contributed by atoms with Crippen molar-refractivity contribution in [1.29, 1.82) is 0 Å². The van der Waals surface area contributed by atoms with Crippen LogP contribution in [0.3, 0.4) is 0 Å². The van der Waals surface area contributed by atoms with Crippen molar-refractivity contribution in [2.75, 3.05) is 5.75 Å². The first kappa shape index (κ1) is 13.0. The van der Waals surface area contributed by atoms with Crippen LogP contribution in [0, 0.1) is 18.8 Å². The van der Waals surface area contributed by atoms with Crippen molar-refractivity contribution in [2.24, 2.45) is 5.18 Å². The van der Waals surface area contributed by atoms with Gasteiger partial charge in [-0.05, 0) is 36.2 Å². The van der Waals surface area contributed by atoms with E-state index in [0.717, 1.165) is 5.56 Å². The molecule has 0 saturated carbocycles. The van der Waals surface area contributed by atoms with Gasteiger partial charge in [-0.3, -0.25) is 0 Å². The molecule has 0 atom stereocenters. The summed E-state index contributed by atoms with van der Waals surface area (Å²) in [6.07, 6.45) is -4.21. The Morgan fingerprint density at radius 1 is 1.25 bits per heavy atom. The fourth-order valence-corrected chi connectivity index (χ4v) is 2.04. The van der Waals surface area contributed by atoms with Gasteiger partial charge in [0.2, 0.25) is 0 Å². The molecule has 0 aliphatic heterocycles. The van der Waals surface area contributed by atoms with Crippen molar-refractivity contribution in [3.05, 3.63) is 28.2 Å². The van der Waals surface area contributed by atoms with Crippen LogP contribution in [0.2, 0.25) is 0 Å². The smallest absolute Gasteiger partial charge is 0.170 e. The van der Waals surface area contributed by atoms with Crippen molar-refractivity contribution in [2.45, 2.75) is 24.9 Å². The molecule has 88 valence electrons. The first-order valence-electron chi connectivity index (χ1n) is 4.47. The molecule has 16 heavy (non-hydrogen) atoms. The molecule has 0 N–H and O–H groups in total. The second kappa shape index (κ2) is 4.86. The molecular formula is C10H10F3NOS. The van der Waals surface area contributed by atoms with Crippen LogP contribution < -0.4 is 0 Å². The summed E-state index contributed by atoms with van der Waals surface area (Å²) in [5.41, 5.74) is 1.58. The van der Waals surface area contributed by atoms with Gasteiger partial charge in [-0.15, -0.1) is 16.7 Å². The molecule has 0 aliphatic rings. The van der Waals surface area contributed by atoms with E-state index in [9.17, 15) is 18.1 Å². The number of thioether (sulfide) groups is 1. The van der Waals surface area contributed by atoms with E-state index in [1.54, 1.807) is 19.9 Å². The van der Waals surface area contributed by atoms with E-state index in [2.05, 4.69) is 5.18 Å². The van der Waals surface area contributed by atoms with E-state index in [1.807, 2.05) is 0 Å². The first-order chi connectivity index (χ1) is 7.33. The van der Waals surface area contributed by atoms with Gasteiger partial charge in [0.05, 0.1) is 5.75 Å². The van der Waals surface area contributed by atoms with E-state index >= 15 is 0 Å². The van der Waals surface area contributed by atoms with Crippen LogP contribution in [-0.4, -0.2) is 11.9 Å². The largest absolute Gasteiger partial charge is 0.398 e. The molecule has 0 spiro atoms. The normalized spacial score (nSPS) is 11.6. The Morgan fingerprint density at radius 3 is 2.38 bits per heavy atom. The molecule has 1 rings (SSSR count). The number of hydrogen-bond donors (Lipinski definition) is 0. The summed E-state index contributed by atoms with van der Waals surface area (Å²) in [4.78, 5) is 10.9. The number of alkyl halides is 3. The predicted molar refractivity (Wildman–Crippen MR) is 58.2 cm³/mol. The topological polar surface area (TPSA) is 29.4 Å². The lowest BCUT2D eigenvalue weighted by Crippen LogP contribution is -2.10. The average Bonchev–Trinajstić information content (AvgIpc) is 2.15. The standard InChI is InChI=1S/C10H10F3NOS/c1-6-3-7(2)9(4-8(6)14-15)16-5-10(11,12)13/h3-4H,5H2,1-2H3. The van der Waals surface area contributed by atoms with E-state index < -0.39 is 11.9 Å². The third-order valence-electron chi connectivity index (χ3n) is 1.98. The molecule has 2 nitrogen and oxygen atoms in total. The SMILES string of the molecule is Cc1cc(C)c(SCC(F)(F)F)cc1N=O. The summed E-state index contributed by atoms with van der Waals surface area (Å²) >= 11 is 0.668. The van der Waals surface area contributed by atoms with Gasteiger partial charge in [0.1, 0.15) is 5.69 Å². The third-order valence-corrected chi connectivity index (χ3v) is 3.21. The molecule has 0 aromatic heterocycles. The Kier molecular flexibility index (Phi) is 3.96. The fourth-order valence-electron chi connectivity index (χ4n) is 1.24. The van der Waals surface area contributed by atoms with Crippen LogP contribution in [0.25, 0.3) is 0 Å². The maximum Gasteiger partial charge on any atom is 0.398 e. The minimum atomic E-state index is -4.21. The molecule has 0 bridgehead atoms. The molecule has 0 aliphatic carbocycles. The third kappa shape index (κ3) is 3.52. The summed E-state index contributed by atoms with van der Waals surface area (Å²) in [6, 6.07) is 3.06. The van der Waals surface area contributed by atoms with Gasteiger partial charge in [-0.25, -0.2) is 0 Å². The lowest BCUT2D eigenvalue weighted by Gasteiger charge is -2.09. The van der Waals surface area contributed by atoms with Crippen LogP contribution in [0.1, 0.15) is 11.1 Å². The van der Waals surface area contributed by atoms with E-state index in [0.29, 0.717) is 22.2 Å². The second-order valence-electron chi connectivity index (χ2n) is 3.40. The number of halogens is 3. The first-order valence-corrected chi connectivity index (χ1v) is 5.46. The summed E-state index contributed by atoms with van der Waals surface area (Å²) < 4.78 is 36.1. The maximum atomic E-state index is 12.0. The zero-order valence-electron chi connectivity index (χ0n) is 8.76. The van der Waals surface area contributed by atoms with Gasteiger partial charge in [0.25, 0.3) is 0 Å². The van der Waals surface area contributed by atoms with Crippen LogP contribution in [0.5, 0.6) is 0 Å². The number of aryl methyl sites for hydroxylation is 2. The number of nitrogens with zero attached hydrogens (tertiary/aromatic N) is 1. The van der Waals surface area contributed by atoms with Crippen LogP contribution in [0.15, 0.2) is 22.2 Å². The zero-order chi connectivity index (χ0) is 12.3. The summed E-state index contributed by atoms with van der Waals surface area (Å²) in [5, 5.41) is 2.77. The molecule has 1 aromatic rings. The Morgan fingerprint density at radius 2 is 1.88 bits per heavy atom. The highest BCUT2D eigenvalue weighted by molar-refractivity contribution is 7.99. The molecule has 0 fully saturated rings. The molecule has 0 unspecified atom stereocenters. The minimum absolute atomic E-state index is 0.190. The molecule has 1 aromatic carbocycles. The number of benzene rings is 1. The van der Waals surface area contributed by atoms with Crippen molar-refractivity contribution < 1.29 is 13.2 Å². The predicted octanol–water partition coefficient (Wildman–Crippen LogP) is 4.36. The number of nitroso groups, excluding NO2 is 1. The summed E-state index contributed by atoms with van der Waals surface area (Å²) in [6.45, 7) is 3.40. The fraction of sp³-hybridized carbons (Fsp3) is 0.400. The number of rotatable bonds is 3. The van der Waals surface area contributed by atoms with Gasteiger partial charge in [0.15, 0.2) is 0 Å². The molecule has 0 amide bonds. The average molecular weight is 249 g/mol. The van der Waals surface area contributed by atoms with E-state index in [-0.39, 0.29) is 5.69 Å². The lowest BCUT2D eigenvalue weighted by molar-refractivity contribution is -0.105. The van der Waals surface area contributed by atoms with Crippen LogP contribution >= 0.6 is 11.8 Å². The highest BCUT2D eigenvalue weighted by Gasteiger charge is 2.27. The molecular weight excluding hydrogens is 239 g/mol. The van der Waals surface area contributed by atoms with Crippen LogP contribution in [0.4, 0.5) is 18.9 Å². The van der Waals surface area contributed by atoms with Crippen molar-refractivity contribution in [3.63, 3.8) is 0 Å². The maximum absolute atomic E-state index is 12.0. The van der Waals surface area contributed by atoms with Crippen molar-refractivity contribution >= 4 is 17.4 Å². The molecule has 0 heterocycles. The van der Waals surface area contributed by atoms with Crippen LogP contribution in [-0.2, 0) is 0 Å². The monoisotopic (exact) mass is 249 g/mol. The molecule has 6 heteroatoms. The Bertz CT molecular complexity index is 404. The Labute approximate surface area is 95.2 Å². The zero-order valence-corrected chi connectivity index (χ0v) is 9.58. The van der Waals surface area contributed by atoms with Gasteiger partial charge in [-0.2, -0.15) is 13.2 Å². The van der Waals surface area contributed by atoms with Gasteiger partial charge in [0, 0.05) is 4.90 Å². The minimum Gasteiger partial charge on any atom is -0.170 e. The van der Waals surface area contributed by atoms with Gasteiger partial charge >= 0.3 is 6.18 Å².